The lowest BCUT2D eigenvalue weighted by Gasteiger charge is -2.11. The van der Waals surface area contributed by atoms with Gasteiger partial charge in [-0.2, -0.15) is 0 Å². The lowest BCUT2D eigenvalue weighted by atomic mass is 10.1. The summed E-state index contributed by atoms with van der Waals surface area (Å²) in [5.74, 6) is -0.364. The molecular formula is C11H6Br3FOS. The molecule has 0 aliphatic carbocycles. The first-order valence-electron chi connectivity index (χ1n) is 4.57. The fourth-order valence-corrected chi connectivity index (χ4v) is 3.93. The first kappa shape index (κ1) is 13.7. The van der Waals surface area contributed by atoms with Crippen LogP contribution in [0.5, 0.6) is 0 Å². The first-order valence-corrected chi connectivity index (χ1v) is 7.76. The average molecular weight is 445 g/mol. The smallest absolute Gasteiger partial charge is 0.123 e. The van der Waals surface area contributed by atoms with Gasteiger partial charge in [0.05, 0.1) is 3.79 Å². The Hall–Kier alpha value is 0.250. The van der Waals surface area contributed by atoms with Gasteiger partial charge in [0, 0.05) is 19.4 Å². The Balaban J connectivity index is 2.42. The monoisotopic (exact) mass is 442 g/mol. The van der Waals surface area contributed by atoms with Gasteiger partial charge in [0.15, 0.2) is 0 Å². The maximum atomic E-state index is 13.2. The second-order valence-corrected chi connectivity index (χ2v) is 7.45. The summed E-state index contributed by atoms with van der Waals surface area (Å²) in [5.41, 5.74) is 0.520. The third-order valence-corrected chi connectivity index (χ3v) is 6.22. The predicted octanol–water partition coefficient (Wildman–Crippen LogP) is 5.26. The van der Waals surface area contributed by atoms with Crippen LogP contribution in [0.1, 0.15) is 16.5 Å². The summed E-state index contributed by atoms with van der Waals surface area (Å²) in [7, 11) is 0. The van der Waals surface area contributed by atoms with Crippen molar-refractivity contribution in [3.05, 3.63) is 53.3 Å². The molecule has 2 rings (SSSR count). The van der Waals surface area contributed by atoms with E-state index in [1.54, 1.807) is 6.07 Å². The molecule has 0 aliphatic heterocycles. The Kier molecular flexibility index (Phi) is 4.41. The van der Waals surface area contributed by atoms with E-state index < -0.39 is 6.10 Å². The molecule has 0 saturated carbocycles. The lowest BCUT2D eigenvalue weighted by Crippen LogP contribution is -1.98. The van der Waals surface area contributed by atoms with Crippen LogP contribution in [0.2, 0.25) is 0 Å². The van der Waals surface area contributed by atoms with Gasteiger partial charge in [-0.15, -0.1) is 11.3 Å². The van der Waals surface area contributed by atoms with Crippen molar-refractivity contribution in [1.82, 2.24) is 0 Å². The first-order chi connectivity index (χ1) is 7.99. The molecule has 90 valence electrons. The number of rotatable bonds is 2. The summed E-state index contributed by atoms with van der Waals surface area (Å²) in [6.45, 7) is 0. The van der Waals surface area contributed by atoms with Gasteiger partial charge in [-0.05, 0) is 56.1 Å². The van der Waals surface area contributed by atoms with E-state index in [2.05, 4.69) is 47.8 Å². The Morgan fingerprint density at radius 3 is 2.41 bits per heavy atom. The maximum Gasteiger partial charge on any atom is 0.123 e. The minimum absolute atomic E-state index is 0.364. The number of aliphatic hydroxyl groups excluding tert-OH is 1. The van der Waals surface area contributed by atoms with E-state index in [4.69, 9.17) is 0 Å². The molecule has 0 radical (unpaired) electrons. The summed E-state index contributed by atoms with van der Waals surface area (Å²) in [6.07, 6.45) is -0.840. The van der Waals surface area contributed by atoms with Crippen LogP contribution in [0.4, 0.5) is 4.39 Å². The van der Waals surface area contributed by atoms with E-state index in [0.29, 0.717) is 10.0 Å². The highest BCUT2D eigenvalue weighted by Gasteiger charge is 2.18. The summed E-state index contributed by atoms with van der Waals surface area (Å²) in [6, 6.07) is 6.08. The summed E-state index contributed by atoms with van der Waals surface area (Å²) < 4.78 is 15.6. The molecule has 1 heterocycles. The molecule has 2 aromatic rings. The minimum Gasteiger partial charge on any atom is -0.383 e. The molecule has 0 amide bonds. The number of aliphatic hydroxyl groups is 1. The van der Waals surface area contributed by atoms with Crippen LogP contribution in [-0.2, 0) is 0 Å². The fraction of sp³-hybridized carbons (Fsp3) is 0.0909. The highest BCUT2D eigenvalue weighted by Crippen LogP contribution is 2.39. The van der Waals surface area contributed by atoms with Gasteiger partial charge in [0.25, 0.3) is 0 Å². The van der Waals surface area contributed by atoms with E-state index in [-0.39, 0.29) is 5.82 Å². The van der Waals surface area contributed by atoms with Crippen LogP contribution in [-0.4, -0.2) is 5.11 Å². The highest BCUT2D eigenvalue weighted by molar-refractivity contribution is 9.13. The molecular weight excluding hydrogens is 439 g/mol. The largest absolute Gasteiger partial charge is 0.383 e. The Labute approximate surface area is 127 Å². The van der Waals surface area contributed by atoms with Crippen molar-refractivity contribution < 1.29 is 9.50 Å². The topological polar surface area (TPSA) is 20.2 Å². The van der Waals surface area contributed by atoms with E-state index in [1.807, 2.05) is 6.07 Å². The molecule has 6 heteroatoms. The standard InChI is InChI=1S/C11H6Br3FOS/c12-7-2-1-5(15)3-6(7)10(16)9-4-8(13)11(14)17-9/h1-4,10,16H. The molecule has 1 aromatic carbocycles. The molecule has 1 aromatic heterocycles. The predicted molar refractivity (Wildman–Crippen MR) is 77.9 cm³/mol. The Bertz CT molecular complexity index is 536. The van der Waals surface area contributed by atoms with E-state index >= 15 is 0 Å². The average Bonchev–Trinajstić information content (AvgIpc) is 2.62. The second-order valence-electron chi connectivity index (χ2n) is 3.34. The van der Waals surface area contributed by atoms with Crippen molar-refractivity contribution in [2.75, 3.05) is 0 Å². The van der Waals surface area contributed by atoms with E-state index in [1.165, 1.54) is 23.5 Å². The normalized spacial score (nSPS) is 12.8. The third-order valence-electron chi connectivity index (χ3n) is 2.19. The zero-order chi connectivity index (χ0) is 12.6. The van der Waals surface area contributed by atoms with Crippen molar-refractivity contribution in [3.8, 4) is 0 Å². The fourth-order valence-electron chi connectivity index (χ4n) is 1.38. The van der Waals surface area contributed by atoms with Crippen LogP contribution < -0.4 is 0 Å². The maximum absolute atomic E-state index is 13.2. The van der Waals surface area contributed by atoms with Gasteiger partial charge in [-0.25, -0.2) is 4.39 Å². The molecule has 0 saturated heterocycles. The highest BCUT2D eigenvalue weighted by atomic mass is 79.9. The molecule has 1 nitrogen and oxygen atoms in total. The summed E-state index contributed by atoms with van der Waals surface area (Å²) >= 11 is 11.4. The van der Waals surface area contributed by atoms with Gasteiger partial charge >= 0.3 is 0 Å². The van der Waals surface area contributed by atoms with Gasteiger partial charge in [-0.3, -0.25) is 0 Å². The molecule has 1 unspecified atom stereocenters. The number of hydrogen-bond acceptors (Lipinski definition) is 2. The van der Waals surface area contributed by atoms with Crippen molar-refractivity contribution in [3.63, 3.8) is 0 Å². The van der Waals surface area contributed by atoms with Crippen molar-refractivity contribution >= 4 is 59.1 Å². The van der Waals surface area contributed by atoms with Crippen LogP contribution in [0, 0.1) is 5.82 Å². The zero-order valence-corrected chi connectivity index (χ0v) is 13.8. The zero-order valence-electron chi connectivity index (χ0n) is 8.25. The molecule has 1 N–H and O–H groups in total. The quantitative estimate of drug-likeness (QED) is 0.670. The number of hydrogen-bond donors (Lipinski definition) is 1. The number of thiophene rings is 1. The van der Waals surface area contributed by atoms with Gasteiger partial charge < -0.3 is 5.11 Å². The van der Waals surface area contributed by atoms with Crippen molar-refractivity contribution in [2.45, 2.75) is 6.10 Å². The second kappa shape index (κ2) is 5.48. The minimum atomic E-state index is -0.840. The summed E-state index contributed by atoms with van der Waals surface area (Å²) in [5, 5.41) is 10.2. The number of benzene rings is 1. The molecule has 0 spiro atoms. The molecule has 0 aliphatic rings. The van der Waals surface area contributed by atoms with Gasteiger partial charge in [0.1, 0.15) is 11.9 Å². The molecule has 0 bridgehead atoms. The molecule has 0 fully saturated rings. The summed E-state index contributed by atoms with van der Waals surface area (Å²) in [4.78, 5) is 0.745. The SMILES string of the molecule is OC(c1cc(Br)c(Br)s1)c1cc(F)ccc1Br. The van der Waals surface area contributed by atoms with Crippen molar-refractivity contribution in [1.29, 1.82) is 0 Å². The van der Waals surface area contributed by atoms with Crippen LogP contribution in [0.3, 0.4) is 0 Å². The van der Waals surface area contributed by atoms with E-state index in [9.17, 15) is 9.50 Å². The van der Waals surface area contributed by atoms with E-state index in [0.717, 1.165) is 13.1 Å². The van der Waals surface area contributed by atoms with Crippen LogP contribution in [0.25, 0.3) is 0 Å². The van der Waals surface area contributed by atoms with Gasteiger partial charge in [0.2, 0.25) is 0 Å². The van der Waals surface area contributed by atoms with Gasteiger partial charge in [-0.1, -0.05) is 15.9 Å². The van der Waals surface area contributed by atoms with Crippen LogP contribution in [0.15, 0.2) is 37.0 Å². The van der Waals surface area contributed by atoms with Crippen LogP contribution >= 0.6 is 59.1 Å². The number of halogens is 4. The van der Waals surface area contributed by atoms with Crippen molar-refractivity contribution in [2.24, 2.45) is 0 Å². The lowest BCUT2D eigenvalue weighted by molar-refractivity contribution is 0.223. The Morgan fingerprint density at radius 1 is 1.12 bits per heavy atom. The third kappa shape index (κ3) is 2.98. The molecule has 1 atom stereocenters. The Morgan fingerprint density at radius 2 is 1.82 bits per heavy atom. The molecule has 17 heavy (non-hydrogen) atoms.